The Kier molecular flexibility index (Phi) is 3.89. The van der Waals surface area contributed by atoms with Gasteiger partial charge in [0.25, 0.3) is 0 Å². The summed E-state index contributed by atoms with van der Waals surface area (Å²) in [5.41, 5.74) is 0.641. The topological polar surface area (TPSA) is 66.8 Å². The van der Waals surface area contributed by atoms with Gasteiger partial charge in [-0.15, -0.1) is 0 Å². The predicted molar refractivity (Wildman–Crippen MR) is 68.6 cm³/mol. The number of sulfone groups is 1. The van der Waals surface area contributed by atoms with Gasteiger partial charge in [0.05, 0.1) is 36.4 Å². The van der Waals surface area contributed by atoms with Crippen molar-refractivity contribution in [2.45, 2.75) is 10.9 Å². The van der Waals surface area contributed by atoms with Crippen molar-refractivity contribution >= 4 is 15.5 Å². The second-order valence-electron chi connectivity index (χ2n) is 4.34. The molecular weight excluding hydrogens is 254 g/mol. The zero-order valence-electron chi connectivity index (χ0n) is 10.2. The summed E-state index contributed by atoms with van der Waals surface area (Å²) < 4.78 is 28.8. The first-order valence-electron chi connectivity index (χ1n) is 5.78. The minimum atomic E-state index is -3.28. The molecule has 1 aromatic carbocycles. The Labute approximate surface area is 107 Å². The molecule has 0 aliphatic carbocycles. The Hall–Kier alpha value is -1.11. The molecule has 18 heavy (non-hydrogen) atoms. The van der Waals surface area contributed by atoms with Gasteiger partial charge in [0.2, 0.25) is 0 Å². The summed E-state index contributed by atoms with van der Waals surface area (Å²) in [5, 5.41) is 9.35. The first-order valence-corrected chi connectivity index (χ1v) is 7.67. The first kappa shape index (κ1) is 13.3. The molecule has 2 rings (SSSR count). The molecule has 0 amide bonds. The van der Waals surface area contributed by atoms with Crippen LogP contribution in [0.25, 0.3) is 0 Å². The van der Waals surface area contributed by atoms with E-state index in [4.69, 9.17) is 4.74 Å². The van der Waals surface area contributed by atoms with Crippen molar-refractivity contribution in [1.29, 1.82) is 0 Å². The normalized spacial score (nSPS) is 21.0. The minimum absolute atomic E-state index is 0.0574. The van der Waals surface area contributed by atoms with E-state index < -0.39 is 9.84 Å². The summed E-state index contributed by atoms with van der Waals surface area (Å²) in [7, 11) is -3.28. The summed E-state index contributed by atoms with van der Waals surface area (Å²) >= 11 is 0. The van der Waals surface area contributed by atoms with Crippen LogP contribution in [0.15, 0.2) is 29.2 Å². The molecule has 0 aromatic heterocycles. The van der Waals surface area contributed by atoms with Crippen LogP contribution in [0.1, 0.15) is 0 Å². The summed E-state index contributed by atoms with van der Waals surface area (Å²) in [6.07, 6.45) is 1.19. The highest BCUT2D eigenvalue weighted by atomic mass is 32.2. The van der Waals surface area contributed by atoms with Crippen LogP contribution in [0.3, 0.4) is 0 Å². The molecule has 1 saturated heterocycles. The number of hydrogen-bond donors (Lipinski definition) is 1. The number of rotatable bonds is 3. The molecule has 1 heterocycles. The number of para-hydroxylation sites is 1. The van der Waals surface area contributed by atoms with Gasteiger partial charge >= 0.3 is 0 Å². The van der Waals surface area contributed by atoms with Crippen molar-refractivity contribution in [3.05, 3.63) is 24.3 Å². The summed E-state index contributed by atoms with van der Waals surface area (Å²) in [4.78, 5) is 2.20. The van der Waals surface area contributed by atoms with E-state index in [1.807, 2.05) is 4.90 Å². The molecule has 1 N–H and O–H groups in total. The lowest BCUT2D eigenvalue weighted by Crippen LogP contribution is -2.48. The molecule has 1 fully saturated rings. The van der Waals surface area contributed by atoms with E-state index in [1.165, 1.54) is 6.26 Å². The first-order chi connectivity index (χ1) is 8.54. The van der Waals surface area contributed by atoms with Crippen molar-refractivity contribution in [3.8, 4) is 0 Å². The standard InChI is InChI=1S/C12H17NO4S/c1-18(15,16)12-5-3-2-4-11(12)13-6-7-17-9-10(13)8-14/h2-5,10,14H,6-9H2,1H3. The maximum absolute atomic E-state index is 11.8. The van der Waals surface area contributed by atoms with Crippen molar-refractivity contribution in [2.75, 3.05) is 37.5 Å². The van der Waals surface area contributed by atoms with Crippen LogP contribution >= 0.6 is 0 Å². The van der Waals surface area contributed by atoms with Crippen LogP contribution in [0.4, 0.5) is 5.69 Å². The smallest absolute Gasteiger partial charge is 0.177 e. The highest BCUT2D eigenvalue weighted by molar-refractivity contribution is 7.90. The average molecular weight is 271 g/mol. The van der Waals surface area contributed by atoms with Gasteiger partial charge in [-0.25, -0.2) is 8.42 Å². The van der Waals surface area contributed by atoms with E-state index in [1.54, 1.807) is 24.3 Å². The number of morpholine rings is 1. The van der Waals surface area contributed by atoms with Crippen LogP contribution in [0, 0.1) is 0 Å². The fourth-order valence-electron chi connectivity index (χ4n) is 2.13. The number of aliphatic hydroxyl groups is 1. The van der Waals surface area contributed by atoms with Gasteiger partial charge in [-0.2, -0.15) is 0 Å². The lowest BCUT2D eigenvalue weighted by molar-refractivity contribution is 0.0724. The Morgan fingerprint density at radius 2 is 2.17 bits per heavy atom. The van der Waals surface area contributed by atoms with Crippen LogP contribution in [0.5, 0.6) is 0 Å². The van der Waals surface area contributed by atoms with Crippen LogP contribution in [0.2, 0.25) is 0 Å². The van der Waals surface area contributed by atoms with E-state index in [2.05, 4.69) is 0 Å². The maximum Gasteiger partial charge on any atom is 0.177 e. The molecule has 1 aromatic rings. The Morgan fingerprint density at radius 3 is 2.83 bits per heavy atom. The zero-order chi connectivity index (χ0) is 13.2. The highest BCUT2D eigenvalue weighted by Crippen LogP contribution is 2.27. The lowest BCUT2D eigenvalue weighted by Gasteiger charge is -2.37. The van der Waals surface area contributed by atoms with Crippen molar-refractivity contribution in [3.63, 3.8) is 0 Å². The highest BCUT2D eigenvalue weighted by Gasteiger charge is 2.26. The van der Waals surface area contributed by atoms with Crippen LogP contribution in [-0.4, -0.2) is 52.2 Å². The predicted octanol–water partition coefficient (Wildman–Crippen LogP) is 0.288. The van der Waals surface area contributed by atoms with Crippen molar-refractivity contribution in [2.24, 2.45) is 0 Å². The molecule has 0 bridgehead atoms. The molecule has 0 radical (unpaired) electrons. The zero-order valence-corrected chi connectivity index (χ0v) is 11.1. The van der Waals surface area contributed by atoms with Gasteiger partial charge in [-0.05, 0) is 12.1 Å². The van der Waals surface area contributed by atoms with E-state index in [0.717, 1.165) is 0 Å². The fourth-order valence-corrected chi connectivity index (χ4v) is 3.02. The maximum atomic E-state index is 11.8. The van der Waals surface area contributed by atoms with E-state index in [-0.39, 0.29) is 12.6 Å². The summed E-state index contributed by atoms with van der Waals surface area (Å²) in [6.45, 7) is 1.47. The number of benzene rings is 1. The molecule has 1 aliphatic heterocycles. The van der Waals surface area contributed by atoms with Gasteiger partial charge in [0, 0.05) is 12.8 Å². The third-order valence-corrected chi connectivity index (χ3v) is 4.16. The number of nitrogens with zero attached hydrogens (tertiary/aromatic N) is 1. The van der Waals surface area contributed by atoms with Crippen LogP contribution in [-0.2, 0) is 14.6 Å². The molecule has 5 nitrogen and oxygen atoms in total. The number of anilines is 1. The molecule has 0 saturated carbocycles. The fraction of sp³-hybridized carbons (Fsp3) is 0.500. The molecular formula is C12H17NO4S. The second-order valence-corrected chi connectivity index (χ2v) is 6.33. The number of hydrogen-bond acceptors (Lipinski definition) is 5. The monoisotopic (exact) mass is 271 g/mol. The third-order valence-electron chi connectivity index (χ3n) is 3.01. The Balaban J connectivity index is 2.43. The summed E-state index contributed by atoms with van der Waals surface area (Å²) in [5.74, 6) is 0. The average Bonchev–Trinajstić information content (AvgIpc) is 2.37. The van der Waals surface area contributed by atoms with Crippen molar-refractivity contribution < 1.29 is 18.3 Å². The van der Waals surface area contributed by atoms with Gasteiger partial charge < -0.3 is 14.7 Å². The third kappa shape index (κ3) is 2.66. The molecule has 100 valence electrons. The minimum Gasteiger partial charge on any atom is -0.394 e. The molecule has 0 spiro atoms. The van der Waals surface area contributed by atoms with Gasteiger partial charge in [0.1, 0.15) is 0 Å². The lowest BCUT2D eigenvalue weighted by atomic mass is 10.2. The van der Waals surface area contributed by atoms with E-state index in [0.29, 0.717) is 30.3 Å². The molecule has 6 heteroatoms. The molecule has 1 unspecified atom stereocenters. The second kappa shape index (κ2) is 5.26. The van der Waals surface area contributed by atoms with Gasteiger partial charge in [-0.1, -0.05) is 12.1 Å². The van der Waals surface area contributed by atoms with Gasteiger partial charge in [0.15, 0.2) is 9.84 Å². The Bertz CT molecular complexity index is 515. The number of ether oxygens (including phenoxy) is 1. The molecule has 1 aliphatic rings. The Morgan fingerprint density at radius 1 is 1.44 bits per heavy atom. The number of aliphatic hydroxyl groups excluding tert-OH is 1. The van der Waals surface area contributed by atoms with Crippen LogP contribution < -0.4 is 4.90 Å². The van der Waals surface area contributed by atoms with Crippen molar-refractivity contribution in [1.82, 2.24) is 0 Å². The largest absolute Gasteiger partial charge is 0.394 e. The molecule has 1 atom stereocenters. The quantitative estimate of drug-likeness (QED) is 0.856. The van der Waals surface area contributed by atoms with E-state index >= 15 is 0 Å². The SMILES string of the molecule is CS(=O)(=O)c1ccccc1N1CCOCC1CO. The van der Waals surface area contributed by atoms with E-state index in [9.17, 15) is 13.5 Å². The summed E-state index contributed by atoms with van der Waals surface area (Å²) in [6, 6.07) is 6.67. The van der Waals surface area contributed by atoms with Gasteiger partial charge in [-0.3, -0.25) is 0 Å².